The van der Waals surface area contributed by atoms with Crippen molar-refractivity contribution in [2.45, 2.75) is 38.1 Å². The van der Waals surface area contributed by atoms with E-state index in [-0.39, 0.29) is 11.8 Å². The number of rotatable bonds is 11. The summed E-state index contributed by atoms with van der Waals surface area (Å²) in [5.74, 6) is -1.82. The van der Waals surface area contributed by atoms with E-state index in [1.807, 2.05) is 30.3 Å². The molecule has 0 aromatic heterocycles. The Hall–Kier alpha value is -3.88. The van der Waals surface area contributed by atoms with Crippen LogP contribution in [0.3, 0.4) is 0 Å². The van der Waals surface area contributed by atoms with Gasteiger partial charge in [-0.15, -0.1) is 0 Å². The van der Waals surface area contributed by atoms with Gasteiger partial charge >= 0.3 is 23.6 Å². The summed E-state index contributed by atoms with van der Waals surface area (Å²) in [6, 6.07) is 16.6. The zero-order valence-corrected chi connectivity index (χ0v) is 21.0. The fourth-order valence-electron chi connectivity index (χ4n) is 4.88. The van der Waals surface area contributed by atoms with Crippen molar-refractivity contribution in [3.63, 3.8) is 0 Å². The van der Waals surface area contributed by atoms with Gasteiger partial charge in [0.2, 0.25) is 0 Å². The molecule has 0 saturated carbocycles. The van der Waals surface area contributed by atoms with Crippen molar-refractivity contribution >= 4 is 23.6 Å². The predicted molar refractivity (Wildman–Crippen MR) is 137 cm³/mol. The highest BCUT2D eigenvalue weighted by atomic mass is 16.3. The summed E-state index contributed by atoms with van der Waals surface area (Å²) in [5, 5.41) is 12.1. The number of hydrogen-bond donors (Lipinski definition) is 2. The van der Waals surface area contributed by atoms with E-state index in [0.717, 1.165) is 24.0 Å². The molecule has 37 heavy (non-hydrogen) atoms. The van der Waals surface area contributed by atoms with E-state index in [2.05, 4.69) is 5.32 Å². The Labute approximate surface area is 217 Å². The Bertz CT molecular complexity index is 1110. The van der Waals surface area contributed by atoms with Crippen LogP contribution in [-0.2, 0) is 32.0 Å². The van der Waals surface area contributed by atoms with Crippen LogP contribution < -0.4 is 5.32 Å². The molecule has 2 aromatic carbocycles. The lowest BCUT2D eigenvalue weighted by molar-refractivity contribution is -0.156. The summed E-state index contributed by atoms with van der Waals surface area (Å²) in [4.78, 5) is 54.6. The van der Waals surface area contributed by atoms with Crippen molar-refractivity contribution in [2.24, 2.45) is 0 Å². The van der Waals surface area contributed by atoms with E-state index in [1.165, 1.54) is 0 Å². The first kappa shape index (κ1) is 26.2. The molecule has 196 valence electrons. The van der Waals surface area contributed by atoms with Gasteiger partial charge in [-0.05, 0) is 55.4 Å². The van der Waals surface area contributed by atoms with E-state index in [1.54, 1.807) is 39.0 Å². The van der Waals surface area contributed by atoms with Crippen molar-refractivity contribution in [1.82, 2.24) is 20.0 Å². The first-order valence-corrected chi connectivity index (χ1v) is 12.9. The van der Waals surface area contributed by atoms with Gasteiger partial charge in [-0.1, -0.05) is 42.5 Å². The number of aromatic hydroxyl groups is 1. The Morgan fingerprint density at radius 2 is 1.35 bits per heavy atom. The molecule has 9 nitrogen and oxygen atoms in total. The van der Waals surface area contributed by atoms with Crippen LogP contribution in [-0.4, -0.2) is 88.7 Å². The van der Waals surface area contributed by atoms with Crippen LogP contribution in [0.2, 0.25) is 0 Å². The second kappa shape index (κ2) is 12.4. The van der Waals surface area contributed by atoms with Crippen LogP contribution in [0.1, 0.15) is 30.4 Å². The molecule has 2 N–H and O–H groups in total. The van der Waals surface area contributed by atoms with Crippen LogP contribution in [0.15, 0.2) is 54.6 Å². The predicted octanol–water partition coefficient (Wildman–Crippen LogP) is 1.35. The summed E-state index contributed by atoms with van der Waals surface area (Å²) in [7, 11) is 0. The number of piperazine rings is 2. The lowest BCUT2D eigenvalue weighted by atomic mass is 10.0. The Morgan fingerprint density at radius 1 is 0.730 bits per heavy atom. The molecule has 2 saturated heterocycles. The first-order chi connectivity index (χ1) is 17.9. The maximum atomic E-state index is 12.6. The highest BCUT2D eigenvalue weighted by molar-refractivity contribution is 6.36. The summed E-state index contributed by atoms with van der Waals surface area (Å²) in [5.41, 5.74) is 2.11. The second-order valence-electron chi connectivity index (χ2n) is 9.59. The normalized spacial score (nSPS) is 18.4. The second-order valence-corrected chi connectivity index (χ2v) is 9.59. The number of phenolic OH excluding ortho intramolecular Hbond substituents is 1. The molecule has 0 bridgehead atoms. The Morgan fingerprint density at radius 3 is 2.05 bits per heavy atom. The number of hydrogen-bond acceptors (Lipinski definition) is 5. The van der Waals surface area contributed by atoms with Gasteiger partial charge in [0.15, 0.2) is 0 Å². The molecule has 4 amide bonds. The molecule has 0 unspecified atom stereocenters. The van der Waals surface area contributed by atoms with Gasteiger partial charge in [0.25, 0.3) is 0 Å². The van der Waals surface area contributed by atoms with Crippen molar-refractivity contribution in [3.8, 4) is 5.75 Å². The van der Waals surface area contributed by atoms with E-state index in [4.69, 9.17) is 0 Å². The summed E-state index contributed by atoms with van der Waals surface area (Å²) in [6.07, 6.45) is 3.48. The summed E-state index contributed by atoms with van der Waals surface area (Å²) in [6.45, 7) is 2.90. The van der Waals surface area contributed by atoms with Crippen molar-refractivity contribution in [2.75, 3.05) is 39.3 Å². The molecule has 1 atom stereocenters. The van der Waals surface area contributed by atoms with Crippen molar-refractivity contribution in [1.29, 1.82) is 0 Å². The van der Waals surface area contributed by atoms with Gasteiger partial charge in [-0.2, -0.15) is 0 Å². The van der Waals surface area contributed by atoms with Gasteiger partial charge in [0, 0.05) is 45.3 Å². The SMILES string of the molecule is O=C1NC[C@@H](CCCCN2CCN(CCc3ccccc3)C(=O)C2=O)N(CCc2ccc(O)cc2)C1=O. The number of carbonyl (C=O) groups excluding carboxylic acids is 4. The maximum Gasteiger partial charge on any atom is 0.312 e. The largest absolute Gasteiger partial charge is 0.508 e. The molecule has 0 aliphatic carbocycles. The third-order valence-corrected chi connectivity index (χ3v) is 7.10. The van der Waals surface area contributed by atoms with Gasteiger partial charge < -0.3 is 25.1 Å². The van der Waals surface area contributed by atoms with Crippen molar-refractivity contribution in [3.05, 3.63) is 65.7 Å². The molecular formula is C28H34N4O5. The van der Waals surface area contributed by atoms with E-state index in [0.29, 0.717) is 58.5 Å². The highest BCUT2D eigenvalue weighted by Gasteiger charge is 2.34. The third-order valence-electron chi connectivity index (χ3n) is 7.10. The lowest BCUT2D eigenvalue weighted by Gasteiger charge is -2.36. The summed E-state index contributed by atoms with van der Waals surface area (Å²) < 4.78 is 0. The number of nitrogens with zero attached hydrogens (tertiary/aromatic N) is 3. The first-order valence-electron chi connectivity index (χ1n) is 12.9. The van der Waals surface area contributed by atoms with E-state index in [9.17, 15) is 24.3 Å². The van der Waals surface area contributed by atoms with Crippen LogP contribution in [0.4, 0.5) is 0 Å². The number of phenols is 1. The minimum Gasteiger partial charge on any atom is -0.508 e. The number of amides is 4. The van der Waals surface area contributed by atoms with Gasteiger partial charge in [-0.3, -0.25) is 19.2 Å². The topological polar surface area (TPSA) is 110 Å². The molecule has 2 aliphatic rings. The minimum absolute atomic E-state index is 0.116. The van der Waals surface area contributed by atoms with Gasteiger partial charge in [0.05, 0.1) is 0 Å². The zero-order chi connectivity index (χ0) is 26.2. The minimum atomic E-state index is -0.587. The molecule has 2 aliphatic heterocycles. The van der Waals surface area contributed by atoms with Crippen LogP contribution in [0.5, 0.6) is 5.75 Å². The lowest BCUT2D eigenvalue weighted by Crippen LogP contribution is -2.58. The molecule has 2 heterocycles. The number of benzene rings is 2. The number of carbonyl (C=O) groups is 4. The van der Waals surface area contributed by atoms with E-state index >= 15 is 0 Å². The maximum absolute atomic E-state index is 12.6. The quantitative estimate of drug-likeness (QED) is 0.353. The number of unbranched alkanes of at least 4 members (excludes halogenated alkanes) is 1. The molecule has 4 rings (SSSR count). The fraction of sp³-hybridized carbons (Fsp3) is 0.429. The van der Waals surface area contributed by atoms with Crippen LogP contribution in [0.25, 0.3) is 0 Å². The Balaban J connectivity index is 1.21. The molecule has 2 aromatic rings. The standard InChI is InChI=1S/C28H34N4O5/c33-24-11-9-22(10-12-24)14-17-32-23(20-29-25(34)26(32)35)8-4-5-15-30-18-19-31(28(37)27(30)36)16-13-21-6-2-1-3-7-21/h1-3,6-7,9-12,23,33H,4-5,8,13-20H2,(H,29,34)/t23-/m1/s1. The average Bonchev–Trinajstić information content (AvgIpc) is 2.91. The molecule has 2 fully saturated rings. The zero-order valence-electron chi connectivity index (χ0n) is 21.0. The average molecular weight is 507 g/mol. The summed E-state index contributed by atoms with van der Waals surface area (Å²) >= 11 is 0. The molecule has 0 radical (unpaired) electrons. The van der Waals surface area contributed by atoms with E-state index < -0.39 is 23.6 Å². The monoisotopic (exact) mass is 506 g/mol. The third kappa shape index (κ3) is 6.87. The Kier molecular flexibility index (Phi) is 8.77. The highest BCUT2D eigenvalue weighted by Crippen LogP contribution is 2.17. The smallest absolute Gasteiger partial charge is 0.312 e. The fourth-order valence-corrected chi connectivity index (χ4v) is 4.88. The molecular weight excluding hydrogens is 472 g/mol. The van der Waals surface area contributed by atoms with Crippen LogP contribution >= 0.6 is 0 Å². The van der Waals surface area contributed by atoms with Crippen molar-refractivity contribution < 1.29 is 24.3 Å². The molecule has 9 heteroatoms. The molecule has 0 spiro atoms. The van der Waals surface area contributed by atoms with Gasteiger partial charge in [-0.25, -0.2) is 0 Å². The van der Waals surface area contributed by atoms with Gasteiger partial charge in [0.1, 0.15) is 5.75 Å². The number of nitrogens with one attached hydrogen (secondary N) is 1. The van der Waals surface area contributed by atoms with Crippen LogP contribution in [0, 0.1) is 0 Å².